The molecule has 3 rings (SSSR count). The van der Waals surface area contributed by atoms with E-state index in [9.17, 15) is 4.79 Å². The Hall–Kier alpha value is -1.51. The molecule has 0 N–H and O–H groups in total. The molecular formula is C14H16O3. The molecule has 1 aromatic carbocycles. The number of methoxy groups -OCH3 is 1. The van der Waals surface area contributed by atoms with E-state index in [0.29, 0.717) is 6.61 Å². The fourth-order valence-corrected chi connectivity index (χ4v) is 2.97. The van der Waals surface area contributed by atoms with Gasteiger partial charge in [0.15, 0.2) is 0 Å². The van der Waals surface area contributed by atoms with Crippen molar-refractivity contribution in [3.63, 3.8) is 0 Å². The van der Waals surface area contributed by atoms with Crippen LogP contribution >= 0.6 is 0 Å². The molecule has 2 aliphatic rings. The van der Waals surface area contributed by atoms with Crippen LogP contribution in [0.5, 0.6) is 5.75 Å². The van der Waals surface area contributed by atoms with Crippen molar-refractivity contribution in [2.24, 2.45) is 5.92 Å². The standard InChI is InChI=1S/C14H16O3/c1-9-3-4-12-10(7-9)14(5-6-17-12)8-11(14)13(15)16-2/h3-4,7,11H,5-6,8H2,1-2H3. The van der Waals surface area contributed by atoms with E-state index in [1.165, 1.54) is 18.2 Å². The summed E-state index contributed by atoms with van der Waals surface area (Å²) in [7, 11) is 1.46. The number of carbonyl (C=O) groups is 1. The minimum absolute atomic E-state index is 0.00725. The van der Waals surface area contributed by atoms with Crippen molar-refractivity contribution in [3.05, 3.63) is 29.3 Å². The fraction of sp³-hybridized carbons (Fsp3) is 0.500. The number of aryl methyl sites for hydroxylation is 1. The Morgan fingerprint density at radius 1 is 1.53 bits per heavy atom. The molecule has 17 heavy (non-hydrogen) atoms. The smallest absolute Gasteiger partial charge is 0.309 e. The normalized spacial score (nSPS) is 29.4. The molecule has 1 heterocycles. The summed E-state index contributed by atoms with van der Waals surface area (Å²) >= 11 is 0. The van der Waals surface area contributed by atoms with Crippen LogP contribution in [0.3, 0.4) is 0 Å². The third-order valence-corrected chi connectivity index (χ3v) is 4.04. The second kappa shape index (κ2) is 3.49. The zero-order chi connectivity index (χ0) is 12.0. The van der Waals surface area contributed by atoms with Crippen LogP contribution in [0, 0.1) is 12.8 Å². The number of hydrogen-bond acceptors (Lipinski definition) is 3. The number of esters is 1. The van der Waals surface area contributed by atoms with E-state index in [4.69, 9.17) is 9.47 Å². The number of fused-ring (bicyclic) bond motifs is 2. The van der Waals surface area contributed by atoms with Gasteiger partial charge in [0.05, 0.1) is 19.6 Å². The van der Waals surface area contributed by atoms with Crippen molar-refractivity contribution < 1.29 is 14.3 Å². The first-order chi connectivity index (χ1) is 8.17. The van der Waals surface area contributed by atoms with Gasteiger partial charge in [0, 0.05) is 11.0 Å². The fourth-order valence-electron chi connectivity index (χ4n) is 2.97. The zero-order valence-electron chi connectivity index (χ0n) is 10.2. The van der Waals surface area contributed by atoms with Crippen molar-refractivity contribution in [1.29, 1.82) is 0 Å². The molecule has 2 atom stereocenters. The summed E-state index contributed by atoms with van der Waals surface area (Å²) in [6.45, 7) is 2.77. The van der Waals surface area contributed by atoms with Crippen molar-refractivity contribution in [2.45, 2.75) is 25.2 Å². The topological polar surface area (TPSA) is 35.5 Å². The molecule has 0 amide bonds. The third-order valence-electron chi connectivity index (χ3n) is 4.04. The highest BCUT2D eigenvalue weighted by molar-refractivity contribution is 5.79. The molecule has 0 aromatic heterocycles. The van der Waals surface area contributed by atoms with Crippen molar-refractivity contribution in [3.8, 4) is 5.75 Å². The Labute approximate surface area is 101 Å². The molecule has 1 aliphatic carbocycles. The lowest BCUT2D eigenvalue weighted by Gasteiger charge is -2.27. The molecule has 1 aromatic rings. The van der Waals surface area contributed by atoms with Gasteiger partial charge in [0.25, 0.3) is 0 Å². The molecule has 0 saturated heterocycles. The van der Waals surface area contributed by atoms with Crippen LogP contribution in [0.1, 0.15) is 24.0 Å². The van der Waals surface area contributed by atoms with E-state index in [2.05, 4.69) is 13.0 Å². The van der Waals surface area contributed by atoms with Gasteiger partial charge in [-0.25, -0.2) is 0 Å². The van der Waals surface area contributed by atoms with Gasteiger partial charge in [0.2, 0.25) is 0 Å². The molecule has 1 spiro atoms. The number of carbonyl (C=O) groups excluding carboxylic acids is 1. The molecular weight excluding hydrogens is 216 g/mol. The summed E-state index contributed by atoms with van der Waals surface area (Å²) in [6.07, 6.45) is 1.82. The van der Waals surface area contributed by atoms with E-state index in [1.807, 2.05) is 12.1 Å². The van der Waals surface area contributed by atoms with Crippen molar-refractivity contribution in [2.75, 3.05) is 13.7 Å². The Bertz CT molecular complexity index is 480. The SMILES string of the molecule is COC(=O)C1CC12CCOc1ccc(C)cc12. The van der Waals surface area contributed by atoms with Crippen LogP contribution in [0.25, 0.3) is 0 Å². The predicted octanol–water partition coefficient (Wildman–Crippen LogP) is 2.21. The summed E-state index contributed by atoms with van der Waals surface area (Å²) in [4.78, 5) is 11.7. The van der Waals surface area contributed by atoms with Gasteiger partial charge in [-0.05, 0) is 25.8 Å². The van der Waals surface area contributed by atoms with Crippen LogP contribution in [0.15, 0.2) is 18.2 Å². The maximum Gasteiger partial charge on any atom is 0.309 e. The van der Waals surface area contributed by atoms with Gasteiger partial charge >= 0.3 is 5.97 Å². The number of ether oxygens (including phenoxy) is 2. The van der Waals surface area contributed by atoms with E-state index in [-0.39, 0.29) is 17.3 Å². The molecule has 3 nitrogen and oxygen atoms in total. The van der Waals surface area contributed by atoms with Crippen molar-refractivity contribution in [1.82, 2.24) is 0 Å². The quantitative estimate of drug-likeness (QED) is 0.696. The second-order valence-corrected chi connectivity index (χ2v) is 5.03. The first-order valence-electron chi connectivity index (χ1n) is 5.99. The largest absolute Gasteiger partial charge is 0.493 e. The molecule has 1 saturated carbocycles. The third kappa shape index (κ3) is 1.45. The molecule has 90 valence electrons. The van der Waals surface area contributed by atoms with Gasteiger partial charge < -0.3 is 9.47 Å². The van der Waals surface area contributed by atoms with Crippen LogP contribution < -0.4 is 4.74 Å². The average Bonchev–Trinajstić information content (AvgIpc) is 3.05. The monoisotopic (exact) mass is 232 g/mol. The molecule has 2 unspecified atom stereocenters. The molecule has 1 fully saturated rings. The maximum absolute atomic E-state index is 11.7. The van der Waals surface area contributed by atoms with E-state index in [1.54, 1.807) is 0 Å². The maximum atomic E-state index is 11.7. The van der Waals surface area contributed by atoms with Gasteiger partial charge in [-0.1, -0.05) is 17.7 Å². The average molecular weight is 232 g/mol. The van der Waals surface area contributed by atoms with E-state index >= 15 is 0 Å². The van der Waals surface area contributed by atoms with Gasteiger partial charge in [-0.3, -0.25) is 4.79 Å². The number of benzene rings is 1. The summed E-state index contributed by atoms with van der Waals surface area (Å²) in [5.74, 6) is 0.879. The second-order valence-electron chi connectivity index (χ2n) is 5.03. The van der Waals surface area contributed by atoms with Crippen LogP contribution in [0.4, 0.5) is 0 Å². The lowest BCUT2D eigenvalue weighted by atomic mass is 9.86. The Morgan fingerprint density at radius 2 is 2.35 bits per heavy atom. The molecule has 1 aliphatic heterocycles. The highest BCUT2D eigenvalue weighted by Gasteiger charge is 2.61. The summed E-state index contributed by atoms with van der Waals surface area (Å²) in [5.41, 5.74) is 2.40. The van der Waals surface area contributed by atoms with Gasteiger partial charge in [-0.15, -0.1) is 0 Å². The lowest BCUT2D eigenvalue weighted by molar-refractivity contribution is -0.142. The van der Waals surface area contributed by atoms with E-state index in [0.717, 1.165) is 18.6 Å². The predicted molar refractivity (Wildman–Crippen MR) is 63.1 cm³/mol. The lowest BCUT2D eigenvalue weighted by Crippen LogP contribution is -2.24. The van der Waals surface area contributed by atoms with Crippen molar-refractivity contribution >= 4 is 5.97 Å². The van der Waals surface area contributed by atoms with Crippen LogP contribution in [-0.4, -0.2) is 19.7 Å². The Kier molecular flexibility index (Phi) is 2.18. The minimum atomic E-state index is -0.0839. The Morgan fingerprint density at radius 3 is 3.12 bits per heavy atom. The van der Waals surface area contributed by atoms with Crippen LogP contribution in [-0.2, 0) is 14.9 Å². The molecule has 0 radical (unpaired) electrons. The van der Waals surface area contributed by atoms with Crippen LogP contribution in [0.2, 0.25) is 0 Å². The molecule has 0 bridgehead atoms. The molecule has 3 heteroatoms. The van der Waals surface area contributed by atoms with E-state index < -0.39 is 0 Å². The number of rotatable bonds is 1. The highest BCUT2D eigenvalue weighted by Crippen LogP contribution is 2.61. The Balaban J connectivity index is 2.01. The number of hydrogen-bond donors (Lipinski definition) is 0. The first kappa shape index (κ1) is 10.6. The van der Waals surface area contributed by atoms with Gasteiger partial charge in [-0.2, -0.15) is 0 Å². The summed E-state index contributed by atoms with van der Waals surface area (Å²) in [6, 6.07) is 6.21. The first-order valence-corrected chi connectivity index (χ1v) is 5.99. The zero-order valence-corrected chi connectivity index (χ0v) is 10.2. The minimum Gasteiger partial charge on any atom is -0.493 e. The van der Waals surface area contributed by atoms with Gasteiger partial charge in [0.1, 0.15) is 5.75 Å². The summed E-state index contributed by atoms with van der Waals surface area (Å²) in [5, 5.41) is 0. The highest BCUT2D eigenvalue weighted by atomic mass is 16.5. The summed E-state index contributed by atoms with van der Waals surface area (Å²) < 4.78 is 10.5.